The molecule has 3 rings (SSSR count). The molecule has 0 aromatic heterocycles. The van der Waals surface area contributed by atoms with Crippen molar-refractivity contribution in [3.05, 3.63) is 60.2 Å². The molecule has 1 aliphatic rings. The molecule has 2 aromatic rings. The van der Waals surface area contributed by atoms with Crippen LogP contribution in [0.4, 0.5) is 10.5 Å². The minimum absolute atomic E-state index is 0.0114. The van der Waals surface area contributed by atoms with Crippen LogP contribution in [-0.4, -0.2) is 50.9 Å². The number of piperazine rings is 1. The van der Waals surface area contributed by atoms with Gasteiger partial charge in [-0.1, -0.05) is 30.3 Å². The number of hydrogen-bond donors (Lipinski definition) is 2. The Morgan fingerprint density at radius 1 is 1.08 bits per heavy atom. The highest BCUT2D eigenvalue weighted by Gasteiger charge is 2.30. The fourth-order valence-electron chi connectivity index (χ4n) is 3.05. The molecular weight excluding hydrogens is 352 g/mol. The van der Waals surface area contributed by atoms with E-state index in [9.17, 15) is 13.2 Å². The Hall–Kier alpha value is -2.42. The van der Waals surface area contributed by atoms with Crippen molar-refractivity contribution in [1.82, 2.24) is 9.80 Å². The number of rotatable bonds is 3. The molecule has 8 heteroatoms. The summed E-state index contributed by atoms with van der Waals surface area (Å²) in [5.41, 5.74) is 1.60. The van der Waals surface area contributed by atoms with Crippen LogP contribution in [0.15, 0.2) is 59.5 Å². The number of nitrogens with two attached hydrogens (primary N) is 1. The van der Waals surface area contributed by atoms with Gasteiger partial charge in [0, 0.05) is 25.3 Å². The zero-order chi connectivity index (χ0) is 18.7. The van der Waals surface area contributed by atoms with Gasteiger partial charge in [0.1, 0.15) is 0 Å². The number of primary sulfonamides is 1. The molecule has 1 atom stereocenters. The van der Waals surface area contributed by atoms with E-state index in [-0.39, 0.29) is 17.0 Å². The number of urea groups is 1. The smallest absolute Gasteiger partial charge is 0.315 e. The lowest BCUT2D eigenvalue weighted by atomic mass is 10.0. The van der Waals surface area contributed by atoms with Crippen molar-refractivity contribution in [3.8, 4) is 0 Å². The van der Waals surface area contributed by atoms with Crippen molar-refractivity contribution in [2.24, 2.45) is 5.14 Å². The summed E-state index contributed by atoms with van der Waals surface area (Å²) in [6, 6.07) is 15.5. The highest BCUT2D eigenvalue weighted by Crippen LogP contribution is 2.25. The average molecular weight is 374 g/mol. The molecule has 0 radical (unpaired) electrons. The summed E-state index contributed by atoms with van der Waals surface area (Å²) in [5, 5.41) is 7.93. The van der Waals surface area contributed by atoms with Gasteiger partial charge in [0.25, 0.3) is 0 Å². The average Bonchev–Trinajstić information content (AvgIpc) is 2.62. The molecule has 0 bridgehead atoms. The fourth-order valence-corrected chi connectivity index (χ4v) is 3.56. The van der Waals surface area contributed by atoms with Gasteiger partial charge in [-0.15, -0.1) is 0 Å². The lowest BCUT2D eigenvalue weighted by Crippen LogP contribution is -2.50. The van der Waals surface area contributed by atoms with Crippen molar-refractivity contribution < 1.29 is 13.2 Å². The zero-order valence-electron chi connectivity index (χ0n) is 14.5. The first kappa shape index (κ1) is 18.4. The number of sulfonamides is 1. The van der Waals surface area contributed by atoms with E-state index in [2.05, 4.69) is 10.2 Å². The highest BCUT2D eigenvalue weighted by atomic mass is 32.2. The largest absolute Gasteiger partial charge is 0.322 e. The number of carbonyl (C=O) groups is 1. The highest BCUT2D eigenvalue weighted by molar-refractivity contribution is 7.89. The van der Waals surface area contributed by atoms with Gasteiger partial charge >= 0.3 is 6.03 Å². The Kier molecular flexibility index (Phi) is 5.26. The van der Waals surface area contributed by atoms with Gasteiger partial charge in [-0.3, -0.25) is 0 Å². The molecule has 2 aromatic carbocycles. The van der Waals surface area contributed by atoms with E-state index >= 15 is 0 Å². The molecule has 1 aliphatic heterocycles. The van der Waals surface area contributed by atoms with Crippen LogP contribution >= 0.6 is 0 Å². The number of hydrogen-bond acceptors (Lipinski definition) is 4. The molecule has 1 saturated heterocycles. The molecule has 0 saturated carbocycles. The number of anilines is 1. The molecule has 3 N–H and O–H groups in total. The number of amides is 2. The van der Waals surface area contributed by atoms with E-state index in [1.807, 2.05) is 42.3 Å². The third kappa shape index (κ3) is 4.21. The molecule has 0 spiro atoms. The molecule has 0 aliphatic carbocycles. The Bertz CT molecular complexity index is 869. The van der Waals surface area contributed by atoms with E-state index in [0.717, 1.165) is 18.7 Å². The van der Waals surface area contributed by atoms with E-state index in [4.69, 9.17) is 5.14 Å². The third-order valence-corrected chi connectivity index (χ3v) is 5.39. The summed E-state index contributed by atoms with van der Waals surface area (Å²) in [6.45, 7) is 2.15. The summed E-state index contributed by atoms with van der Waals surface area (Å²) in [5.74, 6) is 0. The van der Waals surface area contributed by atoms with Crippen molar-refractivity contribution >= 4 is 21.7 Å². The van der Waals surface area contributed by atoms with E-state index in [0.29, 0.717) is 12.2 Å². The number of nitrogens with zero attached hydrogens (tertiary/aromatic N) is 2. The van der Waals surface area contributed by atoms with Crippen LogP contribution in [0.5, 0.6) is 0 Å². The van der Waals surface area contributed by atoms with E-state index in [1.54, 1.807) is 0 Å². The van der Waals surface area contributed by atoms with Crippen molar-refractivity contribution in [1.29, 1.82) is 0 Å². The van der Waals surface area contributed by atoms with Crippen LogP contribution in [0.25, 0.3) is 0 Å². The Morgan fingerprint density at radius 3 is 2.35 bits per heavy atom. The predicted molar refractivity (Wildman–Crippen MR) is 100 cm³/mol. The maximum absolute atomic E-state index is 12.8. The monoisotopic (exact) mass is 374 g/mol. The van der Waals surface area contributed by atoms with Crippen LogP contribution in [0.3, 0.4) is 0 Å². The van der Waals surface area contributed by atoms with Crippen LogP contribution in [-0.2, 0) is 10.0 Å². The Labute approximate surface area is 153 Å². The van der Waals surface area contributed by atoms with Gasteiger partial charge in [-0.05, 0) is 36.9 Å². The molecular formula is C18H22N4O3S. The van der Waals surface area contributed by atoms with Crippen LogP contribution < -0.4 is 10.5 Å². The second-order valence-electron chi connectivity index (χ2n) is 6.38. The normalized spacial score (nSPS) is 18.5. The molecule has 0 unspecified atom stereocenters. The van der Waals surface area contributed by atoms with Crippen LogP contribution in [0, 0.1) is 0 Å². The molecule has 2 amide bonds. The van der Waals surface area contributed by atoms with Crippen molar-refractivity contribution in [2.75, 3.05) is 32.0 Å². The quantitative estimate of drug-likeness (QED) is 0.857. The van der Waals surface area contributed by atoms with E-state index in [1.165, 1.54) is 24.3 Å². The third-order valence-electron chi connectivity index (χ3n) is 4.46. The minimum atomic E-state index is -3.75. The Morgan fingerprint density at radius 2 is 1.73 bits per heavy atom. The lowest BCUT2D eigenvalue weighted by molar-refractivity contribution is 0.117. The predicted octanol–water partition coefficient (Wildman–Crippen LogP) is 1.85. The van der Waals surface area contributed by atoms with Crippen molar-refractivity contribution in [2.45, 2.75) is 10.9 Å². The number of nitrogens with one attached hydrogen (secondary N) is 1. The summed E-state index contributed by atoms with van der Waals surface area (Å²) < 4.78 is 22.6. The topological polar surface area (TPSA) is 95.7 Å². The lowest BCUT2D eigenvalue weighted by Gasteiger charge is -2.40. The van der Waals surface area contributed by atoms with Gasteiger partial charge in [0.2, 0.25) is 10.0 Å². The first-order chi connectivity index (χ1) is 12.3. The van der Waals surface area contributed by atoms with Gasteiger partial charge in [0.15, 0.2) is 0 Å². The minimum Gasteiger partial charge on any atom is -0.315 e. The maximum Gasteiger partial charge on any atom is 0.322 e. The van der Waals surface area contributed by atoms with Gasteiger partial charge in [-0.25, -0.2) is 18.4 Å². The fraction of sp³-hybridized carbons (Fsp3) is 0.278. The Balaban J connectivity index is 1.77. The summed E-state index contributed by atoms with van der Waals surface area (Å²) in [7, 11) is -1.71. The van der Waals surface area contributed by atoms with Gasteiger partial charge < -0.3 is 15.1 Å². The number of carbonyl (C=O) groups excluding carboxylic acids is 1. The molecule has 138 valence electrons. The van der Waals surface area contributed by atoms with Crippen LogP contribution in [0.1, 0.15) is 11.6 Å². The van der Waals surface area contributed by atoms with Crippen molar-refractivity contribution in [3.63, 3.8) is 0 Å². The standard InChI is InChI=1S/C18H22N4O3S/c1-21-11-12-22(17(13-21)14-5-3-2-4-6-14)18(23)20-15-7-9-16(10-8-15)26(19,24)25/h2-10,17H,11-13H2,1H3,(H,20,23)(H2,19,24,25)/t17-/m1/s1. The second-order valence-corrected chi connectivity index (χ2v) is 7.94. The van der Waals surface area contributed by atoms with Crippen LogP contribution in [0.2, 0.25) is 0 Å². The molecule has 1 heterocycles. The molecule has 7 nitrogen and oxygen atoms in total. The van der Waals surface area contributed by atoms with Gasteiger partial charge in [-0.2, -0.15) is 0 Å². The summed E-state index contributed by atoms with van der Waals surface area (Å²) >= 11 is 0. The summed E-state index contributed by atoms with van der Waals surface area (Å²) in [4.78, 5) is 16.8. The number of benzene rings is 2. The first-order valence-electron chi connectivity index (χ1n) is 8.28. The zero-order valence-corrected chi connectivity index (χ0v) is 15.3. The van der Waals surface area contributed by atoms with E-state index < -0.39 is 10.0 Å². The second kappa shape index (κ2) is 7.45. The first-order valence-corrected chi connectivity index (χ1v) is 9.83. The molecule has 26 heavy (non-hydrogen) atoms. The summed E-state index contributed by atoms with van der Waals surface area (Å²) in [6.07, 6.45) is 0. The molecule has 1 fully saturated rings. The maximum atomic E-state index is 12.8. The SMILES string of the molecule is CN1CCN(C(=O)Nc2ccc(S(N)(=O)=O)cc2)[C@@H](c2ccccc2)C1. The number of likely N-dealkylation sites (N-methyl/N-ethyl adjacent to an activating group) is 1. The van der Waals surface area contributed by atoms with Gasteiger partial charge in [0.05, 0.1) is 10.9 Å².